The highest BCUT2D eigenvalue weighted by Gasteiger charge is 2.19. The van der Waals surface area contributed by atoms with E-state index in [-0.39, 0.29) is 0 Å². The maximum atomic E-state index is 4.61. The fourth-order valence-corrected chi connectivity index (χ4v) is 3.09. The summed E-state index contributed by atoms with van der Waals surface area (Å²) in [5.74, 6) is 1.09. The van der Waals surface area contributed by atoms with Gasteiger partial charge in [-0.05, 0) is 44.2 Å². The molecule has 0 aliphatic carbocycles. The number of thioether (sulfide) groups is 1. The van der Waals surface area contributed by atoms with Crippen LogP contribution in [0.25, 0.3) is 5.69 Å². The van der Waals surface area contributed by atoms with Crippen molar-refractivity contribution >= 4 is 17.7 Å². The van der Waals surface area contributed by atoms with Crippen LogP contribution in [-0.4, -0.2) is 28.9 Å². The predicted molar refractivity (Wildman–Crippen MR) is 81.5 cm³/mol. The van der Waals surface area contributed by atoms with E-state index in [2.05, 4.69) is 51.9 Å². The molecule has 0 saturated carbocycles. The van der Waals surface area contributed by atoms with Crippen molar-refractivity contribution in [2.24, 2.45) is 0 Å². The average molecular weight is 273 g/mol. The third-order valence-electron chi connectivity index (χ3n) is 3.62. The standard InChI is InChI=1S/C15H19N3S/c1-12-11-16-15(17-8-3-4-9-17)18(12)13-6-5-7-14(10-13)19-2/h5-7,10-11H,3-4,8-9H2,1-2H3. The Bertz CT molecular complexity index is 571. The molecule has 4 heteroatoms. The lowest BCUT2D eigenvalue weighted by Gasteiger charge is -2.19. The van der Waals surface area contributed by atoms with E-state index in [1.807, 2.05) is 6.20 Å². The zero-order chi connectivity index (χ0) is 13.2. The van der Waals surface area contributed by atoms with Crippen molar-refractivity contribution in [3.8, 4) is 5.69 Å². The Kier molecular flexibility index (Phi) is 3.51. The van der Waals surface area contributed by atoms with E-state index >= 15 is 0 Å². The maximum absolute atomic E-state index is 4.61. The fourth-order valence-electron chi connectivity index (χ4n) is 2.63. The largest absolute Gasteiger partial charge is 0.342 e. The lowest BCUT2D eigenvalue weighted by atomic mass is 10.3. The van der Waals surface area contributed by atoms with Crippen LogP contribution in [0.1, 0.15) is 18.5 Å². The highest BCUT2D eigenvalue weighted by molar-refractivity contribution is 7.98. The van der Waals surface area contributed by atoms with Crippen molar-refractivity contribution in [1.82, 2.24) is 9.55 Å². The molecule has 100 valence electrons. The van der Waals surface area contributed by atoms with Crippen molar-refractivity contribution in [2.75, 3.05) is 24.2 Å². The van der Waals surface area contributed by atoms with Gasteiger partial charge >= 0.3 is 0 Å². The molecule has 0 N–H and O–H groups in total. The van der Waals surface area contributed by atoms with Crippen molar-refractivity contribution in [3.05, 3.63) is 36.2 Å². The number of rotatable bonds is 3. The first kappa shape index (κ1) is 12.6. The summed E-state index contributed by atoms with van der Waals surface area (Å²) in [4.78, 5) is 8.29. The number of aromatic nitrogens is 2. The van der Waals surface area contributed by atoms with Gasteiger partial charge in [0.2, 0.25) is 5.95 Å². The Labute approximate surface area is 118 Å². The lowest BCUT2D eigenvalue weighted by molar-refractivity contribution is 0.863. The van der Waals surface area contributed by atoms with Gasteiger partial charge in [-0.15, -0.1) is 11.8 Å². The Morgan fingerprint density at radius 3 is 2.74 bits per heavy atom. The van der Waals surface area contributed by atoms with Crippen molar-refractivity contribution in [2.45, 2.75) is 24.7 Å². The fraction of sp³-hybridized carbons (Fsp3) is 0.400. The molecule has 1 aromatic heterocycles. The molecule has 1 aliphatic rings. The molecule has 1 aliphatic heterocycles. The summed E-state index contributed by atoms with van der Waals surface area (Å²) in [6, 6.07) is 8.66. The Hall–Kier alpha value is -1.42. The quantitative estimate of drug-likeness (QED) is 0.799. The summed E-state index contributed by atoms with van der Waals surface area (Å²) >= 11 is 1.78. The van der Waals surface area contributed by atoms with Gasteiger partial charge < -0.3 is 4.90 Å². The highest BCUT2D eigenvalue weighted by Crippen LogP contribution is 2.26. The van der Waals surface area contributed by atoms with Gasteiger partial charge in [0.1, 0.15) is 0 Å². The van der Waals surface area contributed by atoms with Crippen LogP contribution in [0, 0.1) is 6.92 Å². The first-order valence-electron chi connectivity index (χ1n) is 6.73. The Balaban J connectivity index is 2.05. The molecule has 2 aromatic rings. The molecule has 0 atom stereocenters. The van der Waals surface area contributed by atoms with Crippen molar-refractivity contribution in [1.29, 1.82) is 0 Å². The number of benzene rings is 1. The summed E-state index contributed by atoms with van der Waals surface area (Å²) in [7, 11) is 0. The summed E-state index contributed by atoms with van der Waals surface area (Å²) in [5.41, 5.74) is 2.41. The smallest absolute Gasteiger partial charge is 0.210 e. The summed E-state index contributed by atoms with van der Waals surface area (Å²) in [6.07, 6.45) is 6.63. The van der Waals surface area contributed by atoms with E-state index in [9.17, 15) is 0 Å². The Morgan fingerprint density at radius 2 is 2.00 bits per heavy atom. The molecule has 2 heterocycles. The molecule has 0 amide bonds. The minimum Gasteiger partial charge on any atom is -0.342 e. The molecule has 0 bridgehead atoms. The molecule has 0 radical (unpaired) electrons. The van der Waals surface area contributed by atoms with E-state index in [1.54, 1.807) is 11.8 Å². The number of hydrogen-bond donors (Lipinski definition) is 0. The van der Waals surface area contributed by atoms with Gasteiger partial charge in [0.25, 0.3) is 0 Å². The van der Waals surface area contributed by atoms with E-state index in [0.29, 0.717) is 0 Å². The first-order valence-corrected chi connectivity index (χ1v) is 7.96. The van der Waals surface area contributed by atoms with E-state index < -0.39 is 0 Å². The normalized spacial score (nSPS) is 15.2. The molecule has 0 unspecified atom stereocenters. The molecular formula is C15H19N3S. The summed E-state index contributed by atoms with van der Waals surface area (Å²) < 4.78 is 2.27. The topological polar surface area (TPSA) is 21.1 Å². The van der Waals surface area contributed by atoms with Gasteiger partial charge in [-0.3, -0.25) is 4.57 Å². The van der Waals surface area contributed by atoms with E-state index in [4.69, 9.17) is 0 Å². The number of aryl methyl sites for hydroxylation is 1. The van der Waals surface area contributed by atoms with Crippen LogP contribution in [-0.2, 0) is 0 Å². The summed E-state index contributed by atoms with van der Waals surface area (Å²) in [5, 5.41) is 0. The molecule has 3 rings (SSSR count). The lowest BCUT2D eigenvalue weighted by Crippen LogP contribution is -2.22. The van der Waals surface area contributed by atoms with Crippen LogP contribution in [0.4, 0.5) is 5.95 Å². The van der Waals surface area contributed by atoms with Crippen LogP contribution in [0.15, 0.2) is 35.4 Å². The third kappa shape index (κ3) is 2.37. The number of imidazole rings is 1. The third-order valence-corrected chi connectivity index (χ3v) is 4.35. The molecule has 0 spiro atoms. The number of hydrogen-bond acceptors (Lipinski definition) is 3. The van der Waals surface area contributed by atoms with E-state index in [0.717, 1.165) is 19.0 Å². The van der Waals surface area contributed by atoms with Gasteiger partial charge in [-0.25, -0.2) is 4.98 Å². The van der Waals surface area contributed by atoms with Crippen molar-refractivity contribution in [3.63, 3.8) is 0 Å². The molecule has 19 heavy (non-hydrogen) atoms. The number of nitrogens with zero attached hydrogens (tertiary/aromatic N) is 3. The van der Waals surface area contributed by atoms with Gasteiger partial charge in [0.05, 0.1) is 6.20 Å². The second-order valence-corrected chi connectivity index (χ2v) is 5.81. The maximum Gasteiger partial charge on any atom is 0.210 e. The molecule has 1 saturated heterocycles. The SMILES string of the molecule is CSc1cccc(-n2c(C)cnc2N2CCCC2)c1. The molecular weight excluding hydrogens is 254 g/mol. The molecule has 3 nitrogen and oxygen atoms in total. The minimum absolute atomic E-state index is 1.09. The van der Waals surface area contributed by atoms with Gasteiger partial charge in [-0.2, -0.15) is 0 Å². The van der Waals surface area contributed by atoms with Gasteiger partial charge in [-0.1, -0.05) is 6.07 Å². The predicted octanol–water partition coefficient (Wildman–Crippen LogP) is 3.50. The minimum atomic E-state index is 1.09. The molecule has 1 aromatic carbocycles. The highest BCUT2D eigenvalue weighted by atomic mass is 32.2. The van der Waals surface area contributed by atoms with Crippen LogP contribution in [0.5, 0.6) is 0 Å². The van der Waals surface area contributed by atoms with Gasteiger partial charge in [0.15, 0.2) is 0 Å². The van der Waals surface area contributed by atoms with Crippen LogP contribution < -0.4 is 4.90 Å². The summed E-state index contributed by atoms with van der Waals surface area (Å²) in [6.45, 7) is 4.37. The zero-order valence-electron chi connectivity index (χ0n) is 11.5. The first-order chi connectivity index (χ1) is 9.29. The van der Waals surface area contributed by atoms with Crippen LogP contribution in [0.3, 0.4) is 0 Å². The van der Waals surface area contributed by atoms with Crippen LogP contribution in [0.2, 0.25) is 0 Å². The van der Waals surface area contributed by atoms with E-state index in [1.165, 1.54) is 29.1 Å². The van der Waals surface area contributed by atoms with Gasteiger partial charge in [0, 0.05) is 29.4 Å². The second kappa shape index (κ2) is 5.29. The number of anilines is 1. The zero-order valence-corrected chi connectivity index (χ0v) is 12.3. The van der Waals surface area contributed by atoms with Crippen LogP contribution >= 0.6 is 11.8 Å². The average Bonchev–Trinajstić information content (AvgIpc) is 3.07. The second-order valence-electron chi connectivity index (χ2n) is 4.93. The van der Waals surface area contributed by atoms with Crippen molar-refractivity contribution < 1.29 is 0 Å². The monoisotopic (exact) mass is 273 g/mol. The molecule has 1 fully saturated rings. The Morgan fingerprint density at radius 1 is 1.21 bits per heavy atom.